The maximum Gasteiger partial charge on any atom is 0.233 e. The summed E-state index contributed by atoms with van der Waals surface area (Å²) < 4.78 is 12.9. The Kier molecular flexibility index (Phi) is 5.83. The fraction of sp³-hybridized carbons (Fsp3) is 0.174. The van der Waals surface area contributed by atoms with Crippen molar-refractivity contribution >= 4 is 29.0 Å². The molecular weight excluding hydrogens is 444 g/mol. The van der Waals surface area contributed by atoms with Crippen LogP contribution >= 0.6 is 23.1 Å². The second kappa shape index (κ2) is 9.05. The zero-order valence-electron chi connectivity index (χ0n) is 17.2. The standard InChI is InChI=1S/C23H20N4O3S2/c1-15(22(28)24-13-18-8-5-11-31-18)32-23-26-25-21(27(23)17-6-3-2-4-7-17)16-9-10-19-20(12-16)30-14-29-19/h2-12,15H,13-14H2,1H3,(H,24,28)/t15-/m1/s1. The van der Waals surface area contributed by atoms with E-state index in [1.165, 1.54) is 11.8 Å². The van der Waals surface area contributed by atoms with E-state index in [0.717, 1.165) is 16.1 Å². The first-order valence-electron chi connectivity index (χ1n) is 10.1. The lowest BCUT2D eigenvalue weighted by Crippen LogP contribution is -2.30. The molecule has 32 heavy (non-hydrogen) atoms. The molecular formula is C23H20N4O3S2. The summed E-state index contributed by atoms with van der Waals surface area (Å²) in [5, 5.41) is 14.2. The lowest BCUT2D eigenvalue weighted by atomic mass is 10.2. The number of amides is 1. The number of rotatable bonds is 7. The monoisotopic (exact) mass is 464 g/mol. The van der Waals surface area contributed by atoms with Gasteiger partial charge in [0.25, 0.3) is 0 Å². The highest BCUT2D eigenvalue weighted by molar-refractivity contribution is 8.00. The molecule has 2 aromatic heterocycles. The van der Waals surface area contributed by atoms with Gasteiger partial charge < -0.3 is 14.8 Å². The van der Waals surface area contributed by atoms with Crippen molar-refractivity contribution in [1.29, 1.82) is 0 Å². The summed E-state index contributed by atoms with van der Waals surface area (Å²) in [5.41, 5.74) is 1.77. The van der Waals surface area contributed by atoms with Crippen LogP contribution in [-0.4, -0.2) is 32.7 Å². The fourth-order valence-electron chi connectivity index (χ4n) is 3.32. The highest BCUT2D eigenvalue weighted by atomic mass is 32.2. The van der Waals surface area contributed by atoms with Gasteiger partial charge in [0.2, 0.25) is 12.7 Å². The Balaban J connectivity index is 1.43. The third-order valence-corrected chi connectivity index (χ3v) is 6.87. The van der Waals surface area contributed by atoms with Crippen molar-refractivity contribution in [3.8, 4) is 28.6 Å². The molecule has 2 aromatic carbocycles. The molecule has 0 fully saturated rings. The van der Waals surface area contributed by atoms with Crippen molar-refractivity contribution in [3.05, 3.63) is 70.9 Å². The first-order chi connectivity index (χ1) is 15.7. The van der Waals surface area contributed by atoms with Crippen LogP contribution in [0.4, 0.5) is 0 Å². The summed E-state index contributed by atoms with van der Waals surface area (Å²) in [5.74, 6) is 2.02. The third-order valence-electron chi connectivity index (χ3n) is 4.95. The number of thioether (sulfide) groups is 1. The van der Waals surface area contributed by atoms with Gasteiger partial charge in [-0.1, -0.05) is 36.0 Å². The molecule has 0 spiro atoms. The number of ether oxygens (including phenoxy) is 2. The number of nitrogens with zero attached hydrogens (tertiary/aromatic N) is 3. The number of fused-ring (bicyclic) bond motifs is 1. The first kappa shape index (κ1) is 20.6. The molecule has 0 saturated heterocycles. The smallest absolute Gasteiger partial charge is 0.233 e. The van der Waals surface area contributed by atoms with Gasteiger partial charge >= 0.3 is 0 Å². The number of hydrogen-bond donors (Lipinski definition) is 1. The molecule has 1 aliphatic heterocycles. The van der Waals surface area contributed by atoms with Crippen LogP contribution in [0.15, 0.2) is 71.2 Å². The lowest BCUT2D eigenvalue weighted by molar-refractivity contribution is -0.120. The van der Waals surface area contributed by atoms with Crippen LogP contribution in [0.5, 0.6) is 11.5 Å². The number of carbonyl (C=O) groups excluding carboxylic acids is 1. The van der Waals surface area contributed by atoms with E-state index in [1.807, 2.05) is 77.5 Å². The zero-order valence-corrected chi connectivity index (χ0v) is 18.9. The normalized spacial score (nSPS) is 13.2. The highest BCUT2D eigenvalue weighted by Crippen LogP contribution is 2.37. The predicted octanol–water partition coefficient (Wildman–Crippen LogP) is 4.52. The number of para-hydroxylation sites is 1. The molecule has 0 bridgehead atoms. The third kappa shape index (κ3) is 4.21. The molecule has 0 aliphatic carbocycles. The number of benzene rings is 2. The molecule has 9 heteroatoms. The Morgan fingerprint density at radius 1 is 1.12 bits per heavy atom. The minimum atomic E-state index is -0.341. The van der Waals surface area contributed by atoms with E-state index in [2.05, 4.69) is 15.5 Å². The van der Waals surface area contributed by atoms with E-state index in [4.69, 9.17) is 9.47 Å². The SMILES string of the molecule is C[C@@H](Sc1nnc(-c2ccc3c(c2)OCO3)n1-c1ccccc1)C(=O)NCc1cccs1. The lowest BCUT2D eigenvalue weighted by Gasteiger charge is -2.14. The summed E-state index contributed by atoms with van der Waals surface area (Å²) in [7, 11) is 0. The second-order valence-corrected chi connectivity index (χ2v) is 9.44. The van der Waals surface area contributed by atoms with Gasteiger partial charge in [-0.05, 0) is 48.7 Å². The van der Waals surface area contributed by atoms with E-state index in [9.17, 15) is 4.79 Å². The summed E-state index contributed by atoms with van der Waals surface area (Å²) in [6.07, 6.45) is 0. The van der Waals surface area contributed by atoms with Crippen molar-refractivity contribution in [2.75, 3.05) is 6.79 Å². The van der Waals surface area contributed by atoms with Crippen LogP contribution in [-0.2, 0) is 11.3 Å². The van der Waals surface area contributed by atoms with Gasteiger partial charge in [-0.25, -0.2) is 0 Å². The average Bonchev–Trinajstić information content (AvgIpc) is 3.58. The Morgan fingerprint density at radius 2 is 1.97 bits per heavy atom. The molecule has 1 N–H and O–H groups in total. The van der Waals surface area contributed by atoms with Gasteiger partial charge in [0.05, 0.1) is 11.8 Å². The Labute approximate surface area is 193 Å². The van der Waals surface area contributed by atoms with E-state index in [1.54, 1.807) is 11.3 Å². The maximum atomic E-state index is 12.7. The number of thiophene rings is 1. The Bertz CT molecular complexity index is 1230. The molecule has 0 unspecified atom stereocenters. The Morgan fingerprint density at radius 3 is 2.78 bits per heavy atom. The van der Waals surface area contributed by atoms with Crippen LogP contribution in [0.1, 0.15) is 11.8 Å². The first-order valence-corrected chi connectivity index (χ1v) is 11.8. The number of aromatic nitrogens is 3. The van der Waals surface area contributed by atoms with Gasteiger partial charge in [0, 0.05) is 16.1 Å². The van der Waals surface area contributed by atoms with E-state index in [-0.39, 0.29) is 18.0 Å². The van der Waals surface area contributed by atoms with Crippen LogP contribution in [0.2, 0.25) is 0 Å². The summed E-state index contributed by atoms with van der Waals surface area (Å²) in [6, 6.07) is 19.6. The predicted molar refractivity (Wildman–Crippen MR) is 124 cm³/mol. The molecule has 5 rings (SSSR count). The molecule has 7 nitrogen and oxygen atoms in total. The molecule has 1 amide bonds. The Hall–Kier alpha value is -3.30. The second-order valence-electron chi connectivity index (χ2n) is 7.10. The fourth-order valence-corrected chi connectivity index (χ4v) is 4.86. The maximum absolute atomic E-state index is 12.7. The summed E-state index contributed by atoms with van der Waals surface area (Å²) >= 11 is 3.00. The zero-order chi connectivity index (χ0) is 21.9. The molecule has 4 aromatic rings. The van der Waals surface area contributed by atoms with Crippen molar-refractivity contribution in [1.82, 2.24) is 20.1 Å². The van der Waals surface area contributed by atoms with Crippen LogP contribution in [0.25, 0.3) is 17.1 Å². The quantitative estimate of drug-likeness (QED) is 0.405. The molecule has 0 saturated carbocycles. The van der Waals surface area contributed by atoms with Crippen molar-refractivity contribution in [2.24, 2.45) is 0 Å². The molecule has 162 valence electrons. The van der Waals surface area contributed by atoms with Crippen molar-refractivity contribution in [3.63, 3.8) is 0 Å². The van der Waals surface area contributed by atoms with Gasteiger partial charge in [-0.2, -0.15) is 0 Å². The van der Waals surface area contributed by atoms with Gasteiger partial charge in [0.15, 0.2) is 22.5 Å². The van der Waals surface area contributed by atoms with Crippen LogP contribution in [0.3, 0.4) is 0 Å². The molecule has 3 heterocycles. The van der Waals surface area contributed by atoms with E-state index < -0.39 is 0 Å². The van der Waals surface area contributed by atoms with Gasteiger partial charge in [-0.3, -0.25) is 9.36 Å². The number of nitrogens with one attached hydrogen (secondary N) is 1. The van der Waals surface area contributed by atoms with Crippen molar-refractivity contribution < 1.29 is 14.3 Å². The van der Waals surface area contributed by atoms with E-state index >= 15 is 0 Å². The number of hydrogen-bond acceptors (Lipinski definition) is 7. The highest BCUT2D eigenvalue weighted by Gasteiger charge is 2.23. The minimum Gasteiger partial charge on any atom is -0.454 e. The molecule has 1 aliphatic rings. The summed E-state index contributed by atoms with van der Waals surface area (Å²) in [4.78, 5) is 13.8. The topological polar surface area (TPSA) is 78.3 Å². The number of carbonyl (C=O) groups is 1. The van der Waals surface area contributed by atoms with Gasteiger partial charge in [-0.15, -0.1) is 21.5 Å². The van der Waals surface area contributed by atoms with Crippen LogP contribution in [0, 0.1) is 0 Å². The summed E-state index contributed by atoms with van der Waals surface area (Å²) in [6.45, 7) is 2.61. The largest absolute Gasteiger partial charge is 0.454 e. The van der Waals surface area contributed by atoms with Gasteiger partial charge in [0.1, 0.15) is 0 Å². The molecule has 0 radical (unpaired) electrons. The van der Waals surface area contributed by atoms with Crippen LogP contribution < -0.4 is 14.8 Å². The van der Waals surface area contributed by atoms with E-state index in [0.29, 0.717) is 29.0 Å². The minimum absolute atomic E-state index is 0.0457. The molecule has 1 atom stereocenters. The van der Waals surface area contributed by atoms with Crippen molar-refractivity contribution in [2.45, 2.75) is 23.9 Å². The average molecular weight is 465 g/mol.